The highest BCUT2D eigenvalue weighted by Crippen LogP contribution is 2.61. The first-order valence-electron chi connectivity index (χ1n) is 9.66. The molecular weight excluding hydrogens is 383 g/mol. The van der Waals surface area contributed by atoms with Crippen LogP contribution >= 0.6 is 23.2 Å². The van der Waals surface area contributed by atoms with Gasteiger partial charge in [0.15, 0.2) is 0 Å². The molecule has 0 radical (unpaired) electrons. The van der Waals surface area contributed by atoms with Crippen molar-refractivity contribution < 1.29 is 9.63 Å². The smallest absolute Gasteiger partial charge is 0.147 e. The fourth-order valence-corrected chi connectivity index (χ4v) is 5.52. The Hall–Kier alpha value is -1.36. The van der Waals surface area contributed by atoms with E-state index in [0.717, 1.165) is 24.2 Å². The van der Waals surface area contributed by atoms with Gasteiger partial charge in [-0.05, 0) is 55.8 Å². The summed E-state index contributed by atoms with van der Waals surface area (Å²) in [5, 5.41) is 14.5. The van der Waals surface area contributed by atoms with E-state index in [9.17, 15) is 5.11 Å². The number of rotatable bonds is 5. The molecule has 0 aliphatic heterocycles. The first-order valence-corrected chi connectivity index (χ1v) is 10.4. The fraction of sp³-hybridized carbons (Fsp3) is 0.524. The lowest BCUT2D eigenvalue weighted by atomic mass is 9.48. The standard InChI is InChI=1S/C21H22Cl2N2O2/c22-16-9-24-10-17(23)18(16)19-15(20(27-25-19)14-2-3-14)4-1-12-5-21(6-12)7-13(8-21)11-26/h1,4,9-10,12-14,26H,2-3,5-8,11H2. The van der Waals surface area contributed by atoms with Crippen LogP contribution in [0.1, 0.15) is 55.8 Å². The number of pyridine rings is 1. The molecule has 4 nitrogen and oxygen atoms in total. The van der Waals surface area contributed by atoms with Crippen LogP contribution in [0.25, 0.3) is 17.3 Å². The van der Waals surface area contributed by atoms with Gasteiger partial charge in [0, 0.05) is 36.0 Å². The summed E-state index contributed by atoms with van der Waals surface area (Å²) in [6.07, 6.45) is 14.7. The summed E-state index contributed by atoms with van der Waals surface area (Å²) < 4.78 is 5.70. The predicted octanol–water partition coefficient (Wildman–Crippen LogP) is 5.73. The van der Waals surface area contributed by atoms with Gasteiger partial charge in [-0.3, -0.25) is 4.98 Å². The second kappa shape index (κ2) is 6.61. The van der Waals surface area contributed by atoms with E-state index >= 15 is 0 Å². The van der Waals surface area contributed by atoms with Gasteiger partial charge in [-0.2, -0.15) is 0 Å². The maximum absolute atomic E-state index is 9.25. The van der Waals surface area contributed by atoms with Gasteiger partial charge >= 0.3 is 0 Å². The van der Waals surface area contributed by atoms with Crippen molar-refractivity contribution in [3.63, 3.8) is 0 Å². The van der Waals surface area contributed by atoms with Crippen LogP contribution in [0.2, 0.25) is 10.0 Å². The van der Waals surface area contributed by atoms with Crippen molar-refractivity contribution in [1.82, 2.24) is 10.1 Å². The summed E-state index contributed by atoms with van der Waals surface area (Å²) in [7, 11) is 0. The molecule has 0 saturated heterocycles. The average Bonchev–Trinajstić information content (AvgIpc) is 3.34. The van der Waals surface area contributed by atoms with E-state index in [1.807, 2.05) is 0 Å². The molecule has 142 valence electrons. The molecule has 3 aliphatic rings. The molecule has 0 atom stereocenters. The molecule has 3 fully saturated rings. The van der Waals surface area contributed by atoms with E-state index in [0.29, 0.717) is 51.1 Å². The lowest BCUT2D eigenvalue weighted by Gasteiger charge is -2.57. The van der Waals surface area contributed by atoms with Gasteiger partial charge in [-0.15, -0.1) is 0 Å². The number of allylic oxidation sites excluding steroid dienone is 1. The Morgan fingerprint density at radius 1 is 1.15 bits per heavy atom. The molecular formula is C21H22Cl2N2O2. The summed E-state index contributed by atoms with van der Waals surface area (Å²) >= 11 is 12.7. The second-order valence-electron chi connectivity index (χ2n) is 8.55. The lowest BCUT2D eigenvalue weighted by molar-refractivity contribution is -0.0692. The zero-order valence-electron chi connectivity index (χ0n) is 15.0. The molecule has 6 heteroatoms. The van der Waals surface area contributed by atoms with Crippen molar-refractivity contribution in [3.05, 3.63) is 39.8 Å². The predicted molar refractivity (Wildman–Crippen MR) is 106 cm³/mol. The minimum Gasteiger partial charge on any atom is -0.396 e. The maximum Gasteiger partial charge on any atom is 0.147 e. The van der Waals surface area contributed by atoms with Crippen LogP contribution in [0.5, 0.6) is 0 Å². The van der Waals surface area contributed by atoms with Gasteiger partial charge in [-0.1, -0.05) is 40.5 Å². The van der Waals surface area contributed by atoms with E-state index in [1.165, 1.54) is 25.7 Å². The maximum atomic E-state index is 9.25. The highest BCUT2D eigenvalue weighted by Gasteiger charge is 2.51. The Balaban J connectivity index is 1.40. The minimum absolute atomic E-state index is 0.338. The quantitative estimate of drug-likeness (QED) is 0.690. The molecule has 2 aromatic heterocycles. The third kappa shape index (κ3) is 3.12. The molecule has 0 unspecified atom stereocenters. The van der Waals surface area contributed by atoms with Crippen molar-refractivity contribution >= 4 is 29.3 Å². The van der Waals surface area contributed by atoms with Gasteiger partial charge in [0.25, 0.3) is 0 Å². The number of aliphatic hydroxyl groups is 1. The van der Waals surface area contributed by atoms with Crippen LogP contribution in [0.3, 0.4) is 0 Å². The van der Waals surface area contributed by atoms with Gasteiger partial charge < -0.3 is 9.63 Å². The summed E-state index contributed by atoms with van der Waals surface area (Å²) in [5.74, 6) is 2.51. The number of nitrogens with zero attached hydrogens (tertiary/aromatic N) is 2. The van der Waals surface area contributed by atoms with Gasteiger partial charge in [-0.25, -0.2) is 0 Å². The molecule has 3 aliphatic carbocycles. The Bertz CT molecular complexity index is 869. The van der Waals surface area contributed by atoms with Crippen molar-refractivity contribution in [2.45, 2.75) is 44.4 Å². The largest absolute Gasteiger partial charge is 0.396 e. The van der Waals surface area contributed by atoms with Crippen molar-refractivity contribution in [3.8, 4) is 11.3 Å². The summed E-state index contributed by atoms with van der Waals surface area (Å²) in [5.41, 5.74) is 2.91. The Morgan fingerprint density at radius 3 is 2.48 bits per heavy atom. The molecule has 0 amide bonds. The van der Waals surface area contributed by atoms with Gasteiger partial charge in [0.2, 0.25) is 0 Å². The average molecular weight is 405 g/mol. The normalized spacial score (nSPS) is 29.9. The zero-order chi connectivity index (χ0) is 18.6. The SMILES string of the molecule is OCC1CC2(CC(C=Cc3c(-c4c(Cl)cncc4Cl)noc3C3CC3)C2)C1. The van der Waals surface area contributed by atoms with Crippen molar-refractivity contribution in [2.24, 2.45) is 17.3 Å². The van der Waals surface area contributed by atoms with Crippen molar-refractivity contribution in [2.75, 3.05) is 6.61 Å². The monoisotopic (exact) mass is 404 g/mol. The number of halogens is 2. The topological polar surface area (TPSA) is 59.2 Å². The molecule has 0 bridgehead atoms. The molecule has 3 saturated carbocycles. The molecule has 27 heavy (non-hydrogen) atoms. The fourth-order valence-electron chi connectivity index (χ4n) is 4.98. The summed E-state index contributed by atoms with van der Waals surface area (Å²) in [6.45, 7) is 0.338. The van der Waals surface area contributed by atoms with E-state index in [4.69, 9.17) is 27.7 Å². The second-order valence-corrected chi connectivity index (χ2v) is 9.36. The molecule has 1 N–H and O–H groups in total. The van der Waals surface area contributed by atoms with Crippen molar-refractivity contribution in [1.29, 1.82) is 0 Å². The third-order valence-corrected chi connectivity index (χ3v) is 6.99. The Morgan fingerprint density at radius 2 is 1.85 bits per heavy atom. The Kier molecular flexibility index (Phi) is 4.34. The highest BCUT2D eigenvalue weighted by atomic mass is 35.5. The van der Waals surface area contributed by atoms with Crippen LogP contribution in [0.15, 0.2) is 23.0 Å². The first-order chi connectivity index (χ1) is 13.1. The molecule has 5 rings (SSSR count). The third-order valence-electron chi connectivity index (χ3n) is 6.42. The number of aliphatic hydroxyl groups excluding tert-OH is 1. The molecule has 1 spiro atoms. The number of hydrogen-bond acceptors (Lipinski definition) is 4. The van der Waals surface area contributed by atoms with E-state index in [2.05, 4.69) is 22.3 Å². The van der Waals surface area contributed by atoms with Gasteiger partial charge in [0.1, 0.15) is 11.5 Å². The zero-order valence-corrected chi connectivity index (χ0v) is 16.5. The Labute approximate surface area is 168 Å². The van der Waals surface area contributed by atoms with Gasteiger partial charge in [0.05, 0.1) is 10.0 Å². The summed E-state index contributed by atoms with van der Waals surface area (Å²) in [4.78, 5) is 4.04. The molecule has 2 heterocycles. The lowest BCUT2D eigenvalue weighted by Crippen LogP contribution is -2.47. The minimum atomic E-state index is 0.338. The van der Waals surface area contributed by atoms with Crippen LogP contribution in [-0.2, 0) is 0 Å². The molecule has 2 aromatic rings. The van der Waals surface area contributed by atoms with E-state index in [-0.39, 0.29) is 0 Å². The van der Waals surface area contributed by atoms with Crippen LogP contribution in [-0.4, -0.2) is 21.9 Å². The summed E-state index contributed by atoms with van der Waals surface area (Å²) in [6, 6.07) is 0. The molecule has 0 aromatic carbocycles. The van der Waals surface area contributed by atoms with Crippen LogP contribution < -0.4 is 0 Å². The first kappa shape index (κ1) is 17.7. The number of hydrogen-bond donors (Lipinski definition) is 1. The van der Waals surface area contributed by atoms with E-state index in [1.54, 1.807) is 12.4 Å². The van der Waals surface area contributed by atoms with E-state index < -0.39 is 0 Å². The highest BCUT2D eigenvalue weighted by molar-refractivity contribution is 6.39. The van der Waals surface area contributed by atoms with Crippen LogP contribution in [0.4, 0.5) is 0 Å². The number of aromatic nitrogens is 2. The van der Waals surface area contributed by atoms with Crippen LogP contribution in [0, 0.1) is 17.3 Å².